The number of carboxylic acid groups (broad SMARTS) is 1. The molecule has 0 aliphatic heterocycles. The molecule has 4 heteroatoms. The highest BCUT2D eigenvalue weighted by molar-refractivity contribution is 5.91. The summed E-state index contributed by atoms with van der Waals surface area (Å²) in [6, 6.07) is 12.7. The monoisotopic (exact) mass is 286 g/mol. The summed E-state index contributed by atoms with van der Waals surface area (Å²) < 4.78 is 11.2. The number of hydrogen-bond donors (Lipinski definition) is 1. The van der Waals surface area contributed by atoms with Crippen LogP contribution in [-0.4, -0.2) is 17.7 Å². The number of rotatable bonds is 6. The molecule has 0 atom stereocenters. The average Bonchev–Trinajstić information content (AvgIpc) is 2.47. The number of para-hydroxylation sites is 1. The predicted octanol–water partition coefficient (Wildman–Crippen LogP) is 3.67. The summed E-state index contributed by atoms with van der Waals surface area (Å²) in [7, 11) is 0. The lowest BCUT2D eigenvalue weighted by molar-refractivity contribution is 0.0691. The topological polar surface area (TPSA) is 55.8 Å². The van der Waals surface area contributed by atoms with E-state index in [1.54, 1.807) is 12.1 Å². The Kier molecular flexibility index (Phi) is 4.82. The van der Waals surface area contributed by atoms with Gasteiger partial charge in [0.2, 0.25) is 0 Å². The van der Waals surface area contributed by atoms with Crippen LogP contribution in [0.4, 0.5) is 0 Å². The largest absolute Gasteiger partial charge is 0.493 e. The molecule has 21 heavy (non-hydrogen) atoms. The first kappa shape index (κ1) is 14.9. The van der Waals surface area contributed by atoms with E-state index in [1.807, 2.05) is 44.2 Å². The molecule has 4 nitrogen and oxygen atoms in total. The first-order chi connectivity index (χ1) is 10.1. The number of aryl methyl sites for hydroxylation is 1. The highest BCUT2D eigenvalue weighted by Gasteiger charge is 2.12. The predicted molar refractivity (Wildman–Crippen MR) is 80.1 cm³/mol. The van der Waals surface area contributed by atoms with E-state index in [-0.39, 0.29) is 12.2 Å². The van der Waals surface area contributed by atoms with Crippen molar-refractivity contribution in [2.75, 3.05) is 6.61 Å². The van der Waals surface area contributed by atoms with Crippen molar-refractivity contribution in [2.24, 2.45) is 0 Å². The minimum atomic E-state index is -0.994. The SMILES string of the molecule is CCOc1ccccc1COc1ccc(C)cc1C(=O)O. The van der Waals surface area contributed by atoms with E-state index in [1.165, 1.54) is 0 Å². The molecule has 0 unspecified atom stereocenters. The molecule has 0 fully saturated rings. The maximum atomic E-state index is 11.3. The molecule has 2 aromatic rings. The van der Waals surface area contributed by atoms with Gasteiger partial charge in [-0.3, -0.25) is 0 Å². The molecular weight excluding hydrogens is 268 g/mol. The minimum Gasteiger partial charge on any atom is -0.493 e. The van der Waals surface area contributed by atoms with Gasteiger partial charge in [-0.2, -0.15) is 0 Å². The molecule has 110 valence electrons. The molecule has 2 rings (SSSR count). The molecule has 0 saturated carbocycles. The van der Waals surface area contributed by atoms with Crippen molar-refractivity contribution in [1.82, 2.24) is 0 Å². The van der Waals surface area contributed by atoms with E-state index in [0.29, 0.717) is 12.4 Å². The Bertz CT molecular complexity index is 634. The Labute approximate surface area is 123 Å². The summed E-state index contributed by atoms with van der Waals surface area (Å²) in [5, 5.41) is 9.22. The number of ether oxygens (including phenoxy) is 2. The molecule has 0 aliphatic carbocycles. The number of benzene rings is 2. The quantitative estimate of drug-likeness (QED) is 0.880. The molecule has 0 aromatic heterocycles. The molecule has 1 N–H and O–H groups in total. The van der Waals surface area contributed by atoms with Gasteiger partial charge in [-0.25, -0.2) is 4.79 Å². The van der Waals surface area contributed by atoms with Crippen LogP contribution in [0.5, 0.6) is 11.5 Å². The van der Waals surface area contributed by atoms with Crippen LogP contribution in [-0.2, 0) is 6.61 Å². The van der Waals surface area contributed by atoms with E-state index in [2.05, 4.69) is 0 Å². The van der Waals surface area contributed by atoms with Gasteiger partial charge in [-0.15, -0.1) is 0 Å². The average molecular weight is 286 g/mol. The minimum absolute atomic E-state index is 0.170. The maximum absolute atomic E-state index is 11.3. The first-order valence-corrected chi connectivity index (χ1v) is 6.79. The number of carbonyl (C=O) groups is 1. The summed E-state index contributed by atoms with van der Waals surface area (Å²) in [5.41, 5.74) is 1.94. The zero-order valence-corrected chi connectivity index (χ0v) is 12.1. The second kappa shape index (κ2) is 6.79. The van der Waals surface area contributed by atoms with Crippen LogP contribution in [0, 0.1) is 6.92 Å². The molecule has 0 bridgehead atoms. The van der Waals surface area contributed by atoms with Gasteiger partial charge in [-0.05, 0) is 32.0 Å². The van der Waals surface area contributed by atoms with Gasteiger partial charge in [0.15, 0.2) is 0 Å². The van der Waals surface area contributed by atoms with Gasteiger partial charge in [-0.1, -0.05) is 29.8 Å². The Balaban J connectivity index is 2.19. The zero-order chi connectivity index (χ0) is 15.2. The van der Waals surface area contributed by atoms with E-state index in [4.69, 9.17) is 9.47 Å². The second-order valence-corrected chi connectivity index (χ2v) is 4.63. The normalized spacial score (nSPS) is 10.2. The van der Waals surface area contributed by atoms with E-state index < -0.39 is 5.97 Å². The summed E-state index contributed by atoms with van der Waals surface area (Å²) in [4.78, 5) is 11.3. The van der Waals surface area contributed by atoms with Crippen LogP contribution in [0.1, 0.15) is 28.4 Å². The van der Waals surface area contributed by atoms with Gasteiger partial charge in [0, 0.05) is 5.56 Å². The van der Waals surface area contributed by atoms with Crippen LogP contribution < -0.4 is 9.47 Å². The maximum Gasteiger partial charge on any atom is 0.339 e. The molecule has 0 aliphatic rings. The van der Waals surface area contributed by atoms with Crippen molar-refractivity contribution in [2.45, 2.75) is 20.5 Å². The Morgan fingerprint density at radius 3 is 2.57 bits per heavy atom. The third kappa shape index (κ3) is 3.75. The van der Waals surface area contributed by atoms with Gasteiger partial charge in [0.25, 0.3) is 0 Å². The number of hydrogen-bond acceptors (Lipinski definition) is 3. The van der Waals surface area contributed by atoms with E-state index in [9.17, 15) is 9.90 Å². The molecule has 0 spiro atoms. The van der Waals surface area contributed by atoms with Gasteiger partial charge in [0.05, 0.1) is 6.61 Å². The fourth-order valence-corrected chi connectivity index (χ4v) is 2.01. The number of aromatic carboxylic acids is 1. The van der Waals surface area contributed by atoms with Crippen LogP contribution in [0.25, 0.3) is 0 Å². The third-order valence-electron chi connectivity index (χ3n) is 3.02. The molecule has 0 amide bonds. The second-order valence-electron chi connectivity index (χ2n) is 4.63. The smallest absolute Gasteiger partial charge is 0.339 e. The molecule has 2 aromatic carbocycles. The van der Waals surface area contributed by atoms with Gasteiger partial charge < -0.3 is 14.6 Å². The number of carboxylic acids is 1. The lowest BCUT2D eigenvalue weighted by atomic mass is 10.1. The molecule has 0 saturated heterocycles. The highest BCUT2D eigenvalue weighted by Crippen LogP contribution is 2.24. The van der Waals surface area contributed by atoms with Crippen molar-refractivity contribution >= 4 is 5.97 Å². The van der Waals surface area contributed by atoms with Gasteiger partial charge >= 0.3 is 5.97 Å². The van der Waals surface area contributed by atoms with Crippen molar-refractivity contribution in [3.05, 3.63) is 59.2 Å². The van der Waals surface area contributed by atoms with Crippen LogP contribution >= 0.6 is 0 Å². The fraction of sp³-hybridized carbons (Fsp3) is 0.235. The lowest BCUT2D eigenvalue weighted by Gasteiger charge is -2.13. The molecule has 0 heterocycles. The standard InChI is InChI=1S/C17H18O4/c1-3-20-15-7-5-4-6-13(15)11-21-16-9-8-12(2)10-14(16)17(18)19/h4-10H,3,11H2,1-2H3,(H,18,19). The van der Waals surface area contributed by atoms with Crippen LogP contribution in [0.2, 0.25) is 0 Å². The first-order valence-electron chi connectivity index (χ1n) is 6.79. The summed E-state index contributed by atoms with van der Waals surface area (Å²) in [6.07, 6.45) is 0. The van der Waals surface area contributed by atoms with Gasteiger partial charge in [0.1, 0.15) is 23.7 Å². The highest BCUT2D eigenvalue weighted by atomic mass is 16.5. The summed E-state index contributed by atoms with van der Waals surface area (Å²) >= 11 is 0. The fourth-order valence-electron chi connectivity index (χ4n) is 2.01. The Morgan fingerprint density at radius 2 is 1.86 bits per heavy atom. The Hall–Kier alpha value is -2.49. The van der Waals surface area contributed by atoms with E-state index in [0.717, 1.165) is 16.9 Å². The van der Waals surface area contributed by atoms with Crippen molar-refractivity contribution in [1.29, 1.82) is 0 Å². The van der Waals surface area contributed by atoms with E-state index >= 15 is 0 Å². The van der Waals surface area contributed by atoms with Crippen molar-refractivity contribution in [3.63, 3.8) is 0 Å². The Morgan fingerprint density at radius 1 is 1.10 bits per heavy atom. The third-order valence-corrected chi connectivity index (χ3v) is 3.02. The van der Waals surface area contributed by atoms with Crippen LogP contribution in [0.3, 0.4) is 0 Å². The zero-order valence-electron chi connectivity index (χ0n) is 12.1. The van der Waals surface area contributed by atoms with Crippen molar-refractivity contribution in [3.8, 4) is 11.5 Å². The lowest BCUT2D eigenvalue weighted by Crippen LogP contribution is -2.05. The van der Waals surface area contributed by atoms with Crippen molar-refractivity contribution < 1.29 is 19.4 Å². The molecule has 0 radical (unpaired) electrons. The summed E-state index contributed by atoms with van der Waals surface area (Å²) in [6.45, 7) is 4.60. The molecular formula is C17H18O4. The van der Waals surface area contributed by atoms with Crippen LogP contribution in [0.15, 0.2) is 42.5 Å². The summed E-state index contributed by atoms with van der Waals surface area (Å²) in [5.74, 6) is 0.121.